The maximum atomic E-state index is 10.1. The lowest BCUT2D eigenvalue weighted by atomic mass is 9.81. The molecule has 110 valence electrons. The summed E-state index contributed by atoms with van der Waals surface area (Å²) in [6, 6.07) is 3.76. The molecule has 1 aromatic rings. The second-order valence-corrected chi connectivity index (χ2v) is 6.47. The van der Waals surface area contributed by atoms with Gasteiger partial charge in [0.15, 0.2) is 0 Å². The van der Waals surface area contributed by atoms with Gasteiger partial charge in [-0.15, -0.1) is 0 Å². The smallest absolute Gasteiger partial charge is 0.0929 e. The monoisotopic (exact) mass is 276 g/mol. The highest BCUT2D eigenvalue weighted by Crippen LogP contribution is 2.47. The Labute approximate surface area is 120 Å². The Bertz CT molecular complexity index is 435. The Morgan fingerprint density at radius 3 is 3.10 bits per heavy atom. The van der Waals surface area contributed by atoms with E-state index < -0.39 is 6.10 Å². The number of pyridine rings is 1. The molecule has 0 aromatic carbocycles. The van der Waals surface area contributed by atoms with E-state index in [2.05, 4.69) is 17.2 Å². The minimum Gasteiger partial charge on any atom is -0.387 e. The number of ether oxygens (including phenoxy) is 1. The first-order valence-electron chi connectivity index (χ1n) is 7.59. The van der Waals surface area contributed by atoms with E-state index in [1.54, 1.807) is 12.4 Å². The van der Waals surface area contributed by atoms with Crippen molar-refractivity contribution in [2.75, 3.05) is 19.7 Å². The first kappa shape index (κ1) is 14.0. The Morgan fingerprint density at radius 2 is 2.40 bits per heavy atom. The highest BCUT2D eigenvalue weighted by molar-refractivity contribution is 5.12. The zero-order chi connectivity index (χ0) is 14.0. The number of nitrogens with one attached hydrogen (secondary N) is 1. The van der Waals surface area contributed by atoms with Crippen LogP contribution in [0.3, 0.4) is 0 Å². The molecule has 0 bridgehead atoms. The molecule has 1 saturated heterocycles. The van der Waals surface area contributed by atoms with Crippen LogP contribution >= 0.6 is 0 Å². The van der Waals surface area contributed by atoms with Crippen LogP contribution in [0, 0.1) is 11.3 Å². The highest BCUT2D eigenvalue weighted by Gasteiger charge is 2.47. The standard InChI is InChI=1S/C16H24N2O2/c1-16(6-8-20-15(16)12-4-5-12)11-18-10-14(19)13-3-2-7-17-9-13/h2-3,7,9,12,14-15,18-19H,4-6,8,10-11H2,1H3. The van der Waals surface area contributed by atoms with Crippen LogP contribution in [0.5, 0.6) is 0 Å². The fourth-order valence-corrected chi connectivity index (χ4v) is 3.24. The number of rotatable bonds is 6. The summed E-state index contributed by atoms with van der Waals surface area (Å²) >= 11 is 0. The van der Waals surface area contributed by atoms with Crippen molar-refractivity contribution in [1.82, 2.24) is 10.3 Å². The molecule has 3 atom stereocenters. The van der Waals surface area contributed by atoms with Gasteiger partial charge in [0.2, 0.25) is 0 Å². The lowest BCUT2D eigenvalue weighted by molar-refractivity contribution is 0.0372. The number of aliphatic hydroxyl groups excluding tert-OH is 1. The average Bonchev–Trinajstić information content (AvgIpc) is 3.23. The van der Waals surface area contributed by atoms with Crippen LogP contribution in [0.25, 0.3) is 0 Å². The molecule has 3 rings (SSSR count). The quantitative estimate of drug-likeness (QED) is 0.833. The van der Waals surface area contributed by atoms with Gasteiger partial charge in [-0.1, -0.05) is 13.0 Å². The van der Waals surface area contributed by atoms with Crippen molar-refractivity contribution >= 4 is 0 Å². The van der Waals surface area contributed by atoms with Gasteiger partial charge in [0.1, 0.15) is 0 Å². The van der Waals surface area contributed by atoms with Crippen LogP contribution < -0.4 is 5.32 Å². The predicted molar refractivity (Wildman–Crippen MR) is 77.3 cm³/mol. The second kappa shape index (κ2) is 5.80. The Morgan fingerprint density at radius 1 is 1.55 bits per heavy atom. The number of aliphatic hydroxyl groups is 1. The molecule has 1 aromatic heterocycles. The zero-order valence-corrected chi connectivity index (χ0v) is 12.1. The minimum absolute atomic E-state index is 0.218. The molecule has 3 unspecified atom stereocenters. The van der Waals surface area contributed by atoms with E-state index >= 15 is 0 Å². The summed E-state index contributed by atoms with van der Waals surface area (Å²) in [5.74, 6) is 0.771. The lowest BCUT2D eigenvalue weighted by Gasteiger charge is -2.31. The van der Waals surface area contributed by atoms with E-state index in [1.165, 1.54) is 12.8 Å². The van der Waals surface area contributed by atoms with Crippen LogP contribution in [0.1, 0.15) is 37.9 Å². The summed E-state index contributed by atoms with van der Waals surface area (Å²) in [4.78, 5) is 4.04. The van der Waals surface area contributed by atoms with Crippen molar-refractivity contribution in [3.63, 3.8) is 0 Å². The fourth-order valence-electron chi connectivity index (χ4n) is 3.24. The van der Waals surface area contributed by atoms with Crippen LogP contribution in [0.4, 0.5) is 0 Å². The van der Waals surface area contributed by atoms with E-state index in [9.17, 15) is 5.11 Å². The van der Waals surface area contributed by atoms with Crippen molar-refractivity contribution < 1.29 is 9.84 Å². The molecule has 0 amide bonds. The molecule has 1 saturated carbocycles. The van der Waals surface area contributed by atoms with Crippen molar-refractivity contribution in [1.29, 1.82) is 0 Å². The van der Waals surface area contributed by atoms with Gasteiger partial charge in [0, 0.05) is 43.1 Å². The van der Waals surface area contributed by atoms with Gasteiger partial charge < -0.3 is 15.2 Å². The van der Waals surface area contributed by atoms with Gasteiger partial charge in [-0.25, -0.2) is 0 Å². The third-order valence-electron chi connectivity index (χ3n) is 4.64. The number of hydrogen-bond acceptors (Lipinski definition) is 4. The summed E-state index contributed by atoms with van der Waals surface area (Å²) in [6.45, 7) is 4.67. The van der Waals surface area contributed by atoms with Gasteiger partial charge in [-0.05, 0) is 31.2 Å². The normalized spacial score (nSPS) is 31.4. The molecule has 20 heavy (non-hydrogen) atoms. The van der Waals surface area contributed by atoms with Crippen molar-refractivity contribution in [3.05, 3.63) is 30.1 Å². The number of aromatic nitrogens is 1. The summed E-state index contributed by atoms with van der Waals surface area (Å²) < 4.78 is 5.92. The van der Waals surface area contributed by atoms with Gasteiger partial charge in [-0.3, -0.25) is 4.98 Å². The van der Waals surface area contributed by atoms with Crippen LogP contribution in [-0.4, -0.2) is 35.9 Å². The largest absolute Gasteiger partial charge is 0.387 e. The van der Waals surface area contributed by atoms with Crippen LogP contribution in [0.15, 0.2) is 24.5 Å². The molecule has 2 heterocycles. The van der Waals surface area contributed by atoms with E-state index in [0.29, 0.717) is 12.6 Å². The second-order valence-electron chi connectivity index (χ2n) is 6.47. The van der Waals surface area contributed by atoms with Crippen LogP contribution in [0.2, 0.25) is 0 Å². The molecule has 4 heteroatoms. The third-order valence-corrected chi connectivity index (χ3v) is 4.64. The molecular formula is C16H24N2O2. The summed E-state index contributed by atoms with van der Waals surface area (Å²) in [6.07, 6.45) is 7.11. The topological polar surface area (TPSA) is 54.4 Å². The highest BCUT2D eigenvalue weighted by atomic mass is 16.5. The summed E-state index contributed by atoms with van der Waals surface area (Å²) in [7, 11) is 0. The maximum absolute atomic E-state index is 10.1. The summed E-state index contributed by atoms with van der Waals surface area (Å²) in [5, 5.41) is 13.6. The van der Waals surface area contributed by atoms with E-state index in [-0.39, 0.29) is 5.41 Å². The zero-order valence-electron chi connectivity index (χ0n) is 12.1. The molecule has 2 N–H and O–H groups in total. The molecule has 4 nitrogen and oxygen atoms in total. The molecule has 2 fully saturated rings. The fraction of sp³-hybridized carbons (Fsp3) is 0.688. The molecule has 0 spiro atoms. The number of hydrogen-bond donors (Lipinski definition) is 2. The molecule has 1 aliphatic carbocycles. The van der Waals surface area contributed by atoms with E-state index in [4.69, 9.17) is 4.74 Å². The molecule has 0 radical (unpaired) electrons. The average molecular weight is 276 g/mol. The SMILES string of the molecule is CC1(CNCC(O)c2cccnc2)CCOC1C1CC1. The van der Waals surface area contributed by atoms with Crippen molar-refractivity contribution in [2.45, 2.75) is 38.4 Å². The van der Waals surface area contributed by atoms with Gasteiger partial charge in [0.05, 0.1) is 12.2 Å². The maximum Gasteiger partial charge on any atom is 0.0929 e. The Hall–Kier alpha value is -0.970. The Balaban J connectivity index is 1.49. The lowest BCUT2D eigenvalue weighted by Crippen LogP contribution is -2.40. The number of nitrogens with zero attached hydrogens (tertiary/aromatic N) is 1. The first-order valence-corrected chi connectivity index (χ1v) is 7.59. The van der Waals surface area contributed by atoms with E-state index in [1.807, 2.05) is 12.1 Å². The molecule has 1 aliphatic heterocycles. The van der Waals surface area contributed by atoms with Gasteiger partial charge >= 0.3 is 0 Å². The molecular weight excluding hydrogens is 252 g/mol. The van der Waals surface area contributed by atoms with E-state index in [0.717, 1.165) is 31.1 Å². The molecule has 2 aliphatic rings. The summed E-state index contributed by atoms with van der Waals surface area (Å²) in [5.41, 5.74) is 1.09. The first-order chi connectivity index (χ1) is 9.69. The van der Waals surface area contributed by atoms with Crippen molar-refractivity contribution in [2.24, 2.45) is 11.3 Å². The van der Waals surface area contributed by atoms with Gasteiger partial charge in [-0.2, -0.15) is 0 Å². The minimum atomic E-state index is -0.492. The van der Waals surface area contributed by atoms with Crippen LogP contribution in [-0.2, 0) is 4.74 Å². The van der Waals surface area contributed by atoms with Gasteiger partial charge in [0.25, 0.3) is 0 Å². The predicted octanol–water partition coefficient (Wildman–Crippen LogP) is 1.91. The Kier molecular flexibility index (Phi) is 4.06. The third kappa shape index (κ3) is 3.03. The van der Waals surface area contributed by atoms with Crippen molar-refractivity contribution in [3.8, 4) is 0 Å².